The average molecular weight is 236 g/mol. The van der Waals surface area contributed by atoms with Gasteiger partial charge < -0.3 is 5.11 Å². The molecule has 0 saturated carbocycles. The van der Waals surface area contributed by atoms with Crippen LogP contribution < -0.4 is 0 Å². The number of aromatic carboxylic acids is 1. The minimum absolute atomic E-state index is 0.113. The summed E-state index contributed by atoms with van der Waals surface area (Å²) in [5.41, 5.74) is -0.344. The van der Waals surface area contributed by atoms with Crippen LogP contribution in [0, 0.1) is 6.92 Å². The fraction of sp³-hybridized carbons (Fsp3) is 0.333. The number of rotatable bonds is 3. The quantitative estimate of drug-likeness (QED) is 0.820. The Hall–Kier alpha value is -1.23. The summed E-state index contributed by atoms with van der Waals surface area (Å²) in [5.74, 6) is -1.44. The first kappa shape index (κ1) is 11.8. The minimum atomic E-state index is -2.75. The predicted molar refractivity (Wildman–Crippen MR) is 50.4 cm³/mol. The lowest BCUT2D eigenvalue weighted by Gasteiger charge is -2.09. The topological polar surface area (TPSA) is 50.2 Å². The van der Waals surface area contributed by atoms with E-state index in [-0.39, 0.29) is 22.7 Å². The lowest BCUT2D eigenvalue weighted by atomic mass is 10.1. The molecule has 1 N–H and O–H groups in total. The number of hydrogen-bond donors (Lipinski definition) is 1. The molecular formula is C9H8ClF2NO2. The number of hydrogen-bond acceptors (Lipinski definition) is 2. The van der Waals surface area contributed by atoms with E-state index in [2.05, 4.69) is 4.98 Å². The second kappa shape index (κ2) is 4.53. The molecule has 0 spiro atoms. The number of pyridine rings is 1. The van der Waals surface area contributed by atoms with Crippen molar-refractivity contribution in [3.05, 3.63) is 28.6 Å². The van der Waals surface area contributed by atoms with Gasteiger partial charge in [-0.25, -0.2) is 18.6 Å². The summed E-state index contributed by atoms with van der Waals surface area (Å²) in [6, 6.07) is 0.859. The molecule has 0 aliphatic carbocycles. The molecule has 0 unspecified atom stereocenters. The number of carbonyl (C=O) groups is 1. The molecule has 0 amide bonds. The molecule has 0 atom stereocenters. The van der Waals surface area contributed by atoms with Gasteiger partial charge >= 0.3 is 5.97 Å². The zero-order chi connectivity index (χ0) is 11.6. The van der Waals surface area contributed by atoms with Gasteiger partial charge in [0.2, 0.25) is 0 Å². The van der Waals surface area contributed by atoms with Crippen LogP contribution in [0.15, 0.2) is 6.07 Å². The highest BCUT2D eigenvalue weighted by atomic mass is 35.5. The zero-order valence-electron chi connectivity index (χ0n) is 7.80. The van der Waals surface area contributed by atoms with Gasteiger partial charge in [-0.2, -0.15) is 0 Å². The maximum Gasteiger partial charge on any atom is 0.354 e. The molecule has 1 aromatic rings. The standard InChI is InChI=1S/C9H8ClF2NO2/c1-4-6(3-10)5(8(11)12)2-7(13-4)9(14)15/h2,8H,3H2,1H3,(H,14,15). The van der Waals surface area contributed by atoms with Gasteiger partial charge in [0.1, 0.15) is 5.69 Å². The molecule has 0 radical (unpaired) electrons. The first-order valence-electron chi connectivity index (χ1n) is 4.05. The summed E-state index contributed by atoms with van der Waals surface area (Å²) < 4.78 is 25.1. The summed E-state index contributed by atoms with van der Waals surface area (Å²) in [6.07, 6.45) is -2.75. The highest BCUT2D eigenvalue weighted by Crippen LogP contribution is 2.26. The molecule has 0 aromatic carbocycles. The average Bonchev–Trinajstić information content (AvgIpc) is 2.16. The van der Waals surface area contributed by atoms with Gasteiger partial charge in [-0.3, -0.25) is 0 Å². The van der Waals surface area contributed by atoms with Gasteiger partial charge in [-0.05, 0) is 18.6 Å². The van der Waals surface area contributed by atoms with Crippen molar-refractivity contribution in [1.82, 2.24) is 4.98 Å². The molecule has 1 heterocycles. The van der Waals surface area contributed by atoms with Crippen LogP contribution in [0.3, 0.4) is 0 Å². The highest BCUT2D eigenvalue weighted by molar-refractivity contribution is 6.17. The van der Waals surface area contributed by atoms with Crippen LogP contribution in [-0.2, 0) is 5.88 Å². The van der Waals surface area contributed by atoms with Gasteiger partial charge in [0.05, 0.1) is 0 Å². The number of aryl methyl sites for hydroxylation is 1. The summed E-state index contributed by atoms with van der Waals surface area (Å²) in [4.78, 5) is 14.3. The molecule has 82 valence electrons. The zero-order valence-corrected chi connectivity index (χ0v) is 8.55. The van der Waals surface area contributed by atoms with Gasteiger partial charge in [0.25, 0.3) is 6.43 Å². The van der Waals surface area contributed by atoms with E-state index in [0.717, 1.165) is 6.07 Å². The van der Waals surface area contributed by atoms with E-state index in [0.29, 0.717) is 0 Å². The summed E-state index contributed by atoms with van der Waals surface area (Å²) >= 11 is 5.49. The summed E-state index contributed by atoms with van der Waals surface area (Å²) in [5, 5.41) is 8.64. The van der Waals surface area contributed by atoms with Crippen LogP contribution in [0.4, 0.5) is 8.78 Å². The van der Waals surface area contributed by atoms with E-state index in [4.69, 9.17) is 16.7 Å². The Morgan fingerprint density at radius 3 is 2.67 bits per heavy atom. The largest absolute Gasteiger partial charge is 0.477 e. The van der Waals surface area contributed by atoms with Crippen LogP contribution in [0.25, 0.3) is 0 Å². The number of alkyl halides is 3. The predicted octanol–water partition coefficient (Wildman–Crippen LogP) is 2.76. The molecule has 0 bridgehead atoms. The first-order valence-corrected chi connectivity index (χ1v) is 4.58. The Bertz CT molecular complexity index is 396. The van der Waals surface area contributed by atoms with Crippen molar-refractivity contribution in [2.75, 3.05) is 0 Å². The van der Waals surface area contributed by atoms with E-state index in [9.17, 15) is 13.6 Å². The van der Waals surface area contributed by atoms with Crippen molar-refractivity contribution in [3.63, 3.8) is 0 Å². The Balaban J connectivity index is 3.38. The number of nitrogens with zero attached hydrogens (tertiary/aromatic N) is 1. The monoisotopic (exact) mass is 235 g/mol. The molecule has 0 aliphatic rings. The Morgan fingerprint density at radius 2 is 2.27 bits per heavy atom. The second-order valence-corrected chi connectivity index (χ2v) is 3.17. The number of halogens is 3. The molecular weight excluding hydrogens is 228 g/mol. The maximum absolute atomic E-state index is 12.6. The van der Waals surface area contributed by atoms with Crippen LogP contribution in [0.2, 0.25) is 0 Å². The molecule has 15 heavy (non-hydrogen) atoms. The van der Waals surface area contributed by atoms with Crippen LogP contribution in [0.5, 0.6) is 0 Å². The molecule has 0 aliphatic heterocycles. The van der Waals surface area contributed by atoms with Crippen molar-refractivity contribution in [2.24, 2.45) is 0 Å². The fourth-order valence-electron chi connectivity index (χ4n) is 1.20. The fourth-order valence-corrected chi connectivity index (χ4v) is 1.55. The molecule has 0 fully saturated rings. The second-order valence-electron chi connectivity index (χ2n) is 2.90. The van der Waals surface area contributed by atoms with Gasteiger partial charge in [0, 0.05) is 17.1 Å². The third-order valence-corrected chi connectivity index (χ3v) is 2.22. The van der Waals surface area contributed by atoms with Crippen molar-refractivity contribution >= 4 is 17.6 Å². The molecule has 0 saturated heterocycles. The molecule has 1 aromatic heterocycles. The Kier molecular flexibility index (Phi) is 3.57. The van der Waals surface area contributed by atoms with Crippen LogP contribution in [0.1, 0.15) is 33.7 Å². The van der Waals surface area contributed by atoms with Crippen LogP contribution in [-0.4, -0.2) is 16.1 Å². The van der Waals surface area contributed by atoms with Crippen LogP contribution >= 0.6 is 11.6 Å². The number of carboxylic acid groups (broad SMARTS) is 1. The minimum Gasteiger partial charge on any atom is -0.477 e. The van der Waals surface area contributed by atoms with E-state index < -0.39 is 18.1 Å². The summed E-state index contributed by atoms with van der Waals surface area (Å²) in [7, 11) is 0. The summed E-state index contributed by atoms with van der Waals surface area (Å²) in [6.45, 7) is 1.45. The van der Waals surface area contributed by atoms with Gasteiger partial charge in [0.15, 0.2) is 0 Å². The van der Waals surface area contributed by atoms with E-state index in [1.54, 1.807) is 0 Å². The lowest BCUT2D eigenvalue weighted by Crippen LogP contribution is -2.07. The third-order valence-electron chi connectivity index (χ3n) is 1.95. The third kappa shape index (κ3) is 2.41. The van der Waals surface area contributed by atoms with Gasteiger partial charge in [-0.15, -0.1) is 11.6 Å². The normalized spacial score (nSPS) is 10.7. The van der Waals surface area contributed by atoms with Gasteiger partial charge in [-0.1, -0.05) is 0 Å². The molecule has 1 rings (SSSR count). The van der Waals surface area contributed by atoms with E-state index in [1.165, 1.54) is 6.92 Å². The Labute approximate surface area is 89.7 Å². The number of aromatic nitrogens is 1. The number of carboxylic acids is 1. The smallest absolute Gasteiger partial charge is 0.354 e. The van der Waals surface area contributed by atoms with E-state index >= 15 is 0 Å². The highest BCUT2D eigenvalue weighted by Gasteiger charge is 2.19. The molecule has 6 heteroatoms. The maximum atomic E-state index is 12.6. The van der Waals surface area contributed by atoms with Crippen molar-refractivity contribution in [3.8, 4) is 0 Å². The van der Waals surface area contributed by atoms with E-state index in [1.807, 2.05) is 0 Å². The first-order chi connectivity index (χ1) is 6.97. The van der Waals surface area contributed by atoms with Crippen molar-refractivity contribution in [2.45, 2.75) is 19.2 Å². The lowest BCUT2D eigenvalue weighted by molar-refractivity contribution is 0.0689. The SMILES string of the molecule is Cc1nc(C(=O)O)cc(C(F)F)c1CCl. The Morgan fingerprint density at radius 1 is 1.67 bits per heavy atom. The van der Waals surface area contributed by atoms with Crippen molar-refractivity contribution < 1.29 is 18.7 Å². The van der Waals surface area contributed by atoms with Crippen molar-refractivity contribution in [1.29, 1.82) is 0 Å². The molecule has 3 nitrogen and oxygen atoms in total.